The third kappa shape index (κ3) is 4.33. The molecule has 0 bridgehead atoms. The van der Waals surface area contributed by atoms with Gasteiger partial charge in [-0.3, -0.25) is 24.4 Å². The molecule has 0 unspecified atom stereocenters. The molecular formula is C20H17ClN4O4. The molecule has 0 aliphatic heterocycles. The van der Waals surface area contributed by atoms with Crippen LogP contribution in [-0.2, 0) is 11.3 Å². The number of carbonyl (C=O) groups is 2. The van der Waals surface area contributed by atoms with Crippen molar-refractivity contribution in [1.82, 2.24) is 9.78 Å². The average Bonchev–Trinajstić information content (AvgIpc) is 2.96. The Labute approximate surface area is 171 Å². The number of hydrogen-bond acceptors (Lipinski definition) is 5. The maximum absolute atomic E-state index is 12.8. The number of carbonyl (C=O) groups excluding carboxylic acids is 2. The molecule has 0 aliphatic rings. The lowest BCUT2D eigenvalue weighted by atomic mass is 10.0. The summed E-state index contributed by atoms with van der Waals surface area (Å²) >= 11 is 6.04. The Hall–Kier alpha value is -3.52. The van der Waals surface area contributed by atoms with Gasteiger partial charge in [-0.2, -0.15) is 5.10 Å². The minimum atomic E-state index is -0.526. The van der Waals surface area contributed by atoms with E-state index in [1.165, 1.54) is 24.6 Å². The number of nitrogens with one attached hydrogen (secondary N) is 1. The van der Waals surface area contributed by atoms with Crippen LogP contribution in [0.15, 0.2) is 48.5 Å². The van der Waals surface area contributed by atoms with E-state index in [1.54, 1.807) is 42.5 Å². The molecule has 148 valence electrons. The Morgan fingerprint density at radius 3 is 2.48 bits per heavy atom. The van der Waals surface area contributed by atoms with E-state index in [0.717, 1.165) is 0 Å². The van der Waals surface area contributed by atoms with E-state index >= 15 is 0 Å². The zero-order chi connectivity index (χ0) is 21.1. The average molecular weight is 413 g/mol. The number of halogens is 1. The number of benzene rings is 2. The van der Waals surface area contributed by atoms with Crippen LogP contribution in [-0.4, -0.2) is 26.4 Å². The molecule has 0 saturated heterocycles. The Morgan fingerprint density at radius 1 is 1.17 bits per heavy atom. The molecule has 0 fully saturated rings. The van der Waals surface area contributed by atoms with Crippen molar-refractivity contribution >= 4 is 34.7 Å². The normalized spacial score (nSPS) is 10.6. The van der Waals surface area contributed by atoms with E-state index in [0.29, 0.717) is 16.3 Å². The first kappa shape index (κ1) is 20.2. The number of ketones is 1. The molecule has 1 amide bonds. The third-order valence-corrected chi connectivity index (χ3v) is 4.59. The van der Waals surface area contributed by atoms with E-state index in [-0.39, 0.29) is 35.0 Å². The first-order valence-electron chi connectivity index (χ1n) is 8.65. The Bertz CT molecular complexity index is 1110. The smallest absolute Gasteiger partial charge is 0.312 e. The second kappa shape index (κ2) is 8.24. The first-order chi connectivity index (χ1) is 13.8. The molecule has 0 spiro atoms. The second-order valence-corrected chi connectivity index (χ2v) is 6.80. The van der Waals surface area contributed by atoms with Crippen molar-refractivity contribution in [2.24, 2.45) is 0 Å². The number of anilines is 1. The summed E-state index contributed by atoms with van der Waals surface area (Å²) < 4.78 is 1.26. The van der Waals surface area contributed by atoms with Gasteiger partial charge in [-0.15, -0.1) is 0 Å². The predicted molar refractivity (Wildman–Crippen MR) is 108 cm³/mol. The maximum Gasteiger partial charge on any atom is 0.312 e. The van der Waals surface area contributed by atoms with E-state index in [1.807, 2.05) is 0 Å². The molecule has 0 radical (unpaired) electrons. The summed E-state index contributed by atoms with van der Waals surface area (Å²) in [6.07, 6.45) is 0. The summed E-state index contributed by atoms with van der Waals surface area (Å²) in [5, 5.41) is 18.2. The molecule has 1 aromatic heterocycles. The van der Waals surface area contributed by atoms with Crippen molar-refractivity contribution in [1.29, 1.82) is 0 Å². The topological polar surface area (TPSA) is 107 Å². The van der Waals surface area contributed by atoms with Crippen molar-refractivity contribution in [3.63, 3.8) is 0 Å². The number of nitrogens with zero attached hydrogens (tertiary/aromatic N) is 3. The van der Waals surface area contributed by atoms with Gasteiger partial charge in [-0.1, -0.05) is 41.9 Å². The SMILES string of the molecule is Cc1nn(CC(=O)Nc2ccc(Cl)cc2C(=O)c2ccccc2)c(C)c1[N+](=O)[O-]. The van der Waals surface area contributed by atoms with Crippen molar-refractivity contribution in [3.8, 4) is 0 Å². The van der Waals surface area contributed by atoms with Gasteiger partial charge in [0, 0.05) is 16.1 Å². The van der Waals surface area contributed by atoms with Gasteiger partial charge in [-0.25, -0.2) is 0 Å². The first-order valence-corrected chi connectivity index (χ1v) is 9.03. The summed E-state index contributed by atoms with van der Waals surface area (Å²) in [5.41, 5.74) is 1.38. The van der Waals surface area contributed by atoms with Crippen LogP contribution in [0.25, 0.3) is 0 Å². The molecule has 0 saturated carbocycles. The number of hydrogen-bond donors (Lipinski definition) is 1. The van der Waals surface area contributed by atoms with Crippen molar-refractivity contribution < 1.29 is 14.5 Å². The monoisotopic (exact) mass is 412 g/mol. The second-order valence-electron chi connectivity index (χ2n) is 6.37. The predicted octanol–water partition coefficient (Wildman–Crippen LogP) is 3.93. The number of rotatable bonds is 6. The van der Waals surface area contributed by atoms with Crippen LogP contribution in [0.5, 0.6) is 0 Å². The molecule has 29 heavy (non-hydrogen) atoms. The molecule has 1 N–H and O–H groups in total. The van der Waals surface area contributed by atoms with Gasteiger partial charge in [0.2, 0.25) is 5.91 Å². The molecular weight excluding hydrogens is 396 g/mol. The van der Waals surface area contributed by atoms with Crippen molar-refractivity contribution in [3.05, 3.63) is 86.2 Å². The maximum atomic E-state index is 12.8. The lowest BCUT2D eigenvalue weighted by molar-refractivity contribution is -0.386. The minimum Gasteiger partial charge on any atom is -0.324 e. The Morgan fingerprint density at radius 2 is 1.86 bits per heavy atom. The van der Waals surface area contributed by atoms with Gasteiger partial charge < -0.3 is 5.32 Å². The van der Waals surface area contributed by atoms with Gasteiger partial charge in [-0.05, 0) is 32.0 Å². The highest BCUT2D eigenvalue weighted by Crippen LogP contribution is 2.25. The Balaban J connectivity index is 1.86. The molecule has 8 nitrogen and oxygen atoms in total. The van der Waals surface area contributed by atoms with E-state index < -0.39 is 10.8 Å². The largest absolute Gasteiger partial charge is 0.324 e. The lowest BCUT2D eigenvalue weighted by Crippen LogP contribution is -2.21. The fraction of sp³-hybridized carbons (Fsp3) is 0.150. The number of aromatic nitrogens is 2. The highest BCUT2D eigenvalue weighted by molar-refractivity contribution is 6.31. The van der Waals surface area contributed by atoms with Gasteiger partial charge >= 0.3 is 5.69 Å². The molecule has 3 rings (SSSR count). The molecule has 2 aromatic carbocycles. The number of nitro groups is 1. The zero-order valence-electron chi connectivity index (χ0n) is 15.7. The van der Waals surface area contributed by atoms with Crippen LogP contribution in [0.1, 0.15) is 27.3 Å². The quantitative estimate of drug-likeness (QED) is 0.375. The summed E-state index contributed by atoms with van der Waals surface area (Å²) in [5.74, 6) is -0.764. The van der Waals surface area contributed by atoms with Crippen LogP contribution in [0.4, 0.5) is 11.4 Å². The fourth-order valence-electron chi connectivity index (χ4n) is 2.99. The Kier molecular flexibility index (Phi) is 5.74. The standard InChI is InChI=1S/C20H17ClN4O4/c1-12-19(25(28)29)13(2)24(23-12)11-18(26)22-17-9-8-15(21)10-16(17)20(27)14-6-4-3-5-7-14/h3-10H,11H2,1-2H3,(H,22,26). The molecule has 0 atom stereocenters. The minimum absolute atomic E-state index is 0.121. The van der Waals surface area contributed by atoms with Gasteiger partial charge in [0.1, 0.15) is 17.9 Å². The molecule has 3 aromatic rings. The summed E-state index contributed by atoms with van der Waals surface area (Å²) in [7, 11) is 0. The van der Waals surface area contributed by atoms with Crippen LogP contribution in [0, 0.1) is 24.0 Å². The molecule has 1 heterocycles. The van der Waals surface area contributed by atoms with Crippen LogP contribution >= 0.6 is 11.6 Å². The van der Waals surface area contributed by atoms with Gasteiger partial charge in [0.15, 0.2) is 5.78 Å². The van der Waals surface area contributed by atoms with Crippen molar-refractivity contribution in [2.75, 3.05) is 5.32 Å². The lowest BCUT2D eigenvalue weighted by Gasteiger charge is -2.12. The van der Waals surface area contributed by atoms with E-state index in [4.69, 9.17) is 11.6 Å². The fourth-order valence-corrected chi connectivity index (χ4v) is 3.16. The highest BCUT2D eigenvalue weighted by atomic mass is 35.5. The van der Waals surface area contributed by atoms with Gasteiger partial charge in [0.25, 0.3) is 0 Å². The molecule has 0 aliphatic carbocycles. The third-order valence-electron chi connectivity index (χ3n) is 4.36. The zero-order valence-corrected chi connectivity index (χ0v) is 16.4. The van der Waals surface area contributed by atoms with Crippen LogP contribution < -0.4 is 5.32 Å². The summed E-state index contributed by atoms with van der Waals surface area (Å²) in [4.78, 5) is 36.0. The van der Waals surface area contributed by atoms with Gasteiger partial charge in [0.05, 0.1) is 10.6 Å². The number of aryl methyl sites for hydroxylation is 1. The van der Waals surface area contributed by atoms with Crippen LogP contribution in [0.2, 0.25) is 5.02 Å². The summed E-state index contributed by atoms with van der Waals surface area (Å²) in [6, 6.07) is 13.2. The summed E-state index contributed by atoms with van der Waals surface area (Å²) in [6.45, 7) is 2.80. The number of amides is 1. The van der Waals surface area contributed by atoms with Crippen LogP contribution in [0.3, 0.4) is 0 Å². The molecule has 9 heteroatoms. The van der Waals surface area contributed by atoms with E-state index in [2.05, 4.69) is 10.4 Å². The van der Waals surface area contributed by atoms with E-state index in [9.17, 15) is 19.7 Å². The van der Waals surface area contributed by atoms with Crippen molar-refractivity contribution in [2.45, 2.75) is 20.4 Å². The highest BCUT2D eigenvalue weighted by Gasteiger charge is 2.23.